The van der Waals surface area contributed by atoms with Crippen LogP contribution < -0.4 is 0 Å². The van der Waals surface area contributed by atoms with Crippen LogP contribution in [0.2, 0.25) is 0 Å². The van der Waals surface area contributed by atoms with Gasteiger partial charge in [0.2, 0.25) is 0 Å². The van der Waals surface area contributed by atoms with Crippen molar-refractivity contribution in [1.29, 1.82) is 0 Å². The van der Waals surface area contributed by atoms with E-state index in [0.29, 0.717) is 12.6 Å². The summed E-state index contributed by atoms with van der Waals surface area (Å²) >= 11 is 0. The normalized spacial score (nSPS) is 22.0. The van der Waals surface area contributed by atoms with Crippen molar-refractivity contribution in [3.63, 3.8) is 0 Å². The molecule has 0 radical (unpaired) electrons. The number of hydrogen-bond donors (Lipinski definition) is 1. The molecule has 1 N–H and O–H groups in total. The van der Waals surface area contributed by atoms with Crippen LogP contribution in [0, 0.1) is 5.92 Å². The number of hydrogen-bond acceptors (Lipinski definition) is 3. The van der Waals surface area contributed by atoms with Crippen molar-refractivity contribution in [2.75, 3.05) is 6.61 Å². The average Bonchev–Trinajstić information content (AvgIpc) is 2.74. The van der Waals surface area contributed by atoms with Crippen molar-refractivity contribution in [2.24, 2.45) is 5.92 Å². The van der Waals surface area contributed by atoms with Crippen LogP contribution in [0.25, 0.3) is 0 Å². The minimum absolute atomic E-state index is 0.200. The van der Waals surface area contributed by atoms with Gasteiger partial charge in [-0.15, -0.1) is 0 Å². The van der Waals surface area contributed by atoms with Crippen LogP contribution in [-0.4, -0.2) is 34.4 Å². The average molecular weight is 396 g/mol. The first-order valence-corrected chi connectivity index (χ1v) is 11.1. The molecule has 0 aromatic heterocycles. The molecule has 0 spiro atoms. The van der Waals surface area contributed by atoms with Crippen molar-refractivity contribution < 1.29 is 9.84 Å². The second-order valence-electron chi connectivity index (χ2n) is 9.13. The van der Waals surface area contributed by atoms with Crippen molar-refractivity contribution in [1.82, 2.24) is 4.90 Å². The Morgan fingerprint density at radius 1 is 0.897 bits per heavy atom. The van der Waals surface area contributed by atoms with Gasteiger partial charge in [0.25, 0.3) is 0 Å². The van der Waals surface area contributed by atoms with E-state index in [2.05, 4.69) is 65.6 Å². The molecular formula is C26H37NO2. The van der Waals surface area contributed by atoms with Gasteiger partial charge in [-0.3, -0.25) is 4.90 Å². The molecule has 1 aliphatic carbocycles. The molecule has 0 aliphatic heterocycles. The molecule has 0 amide bonds. The summed E-state index contributed by atoms with van der Waals surface area (Å²) in [7, 11) is 0. The van der Waals surface area contributed by atoms with Gasteiger partial charge in [-0.05, 0) is 49.7 Å². The lowest BCUT2D eigenvalue weighted by molar-refractivity contribution is -0.0972. The molecule has 0 heterocycles. The summed E-state index contributed by atoms with van der Waals surface area (Å²) in [5.74, 6) is 0.200. The zero-order chi connectivity index (χ0) is 20.7. The molecule has 0 bridgehead atoms. The Labute approximate surface area is 176 Å². The van der Waals surface area contributed by atoms with Gasteiger partial charge in [-0.2, -0.15) is 0 Å². The van der Waals surface area contributed by atoms with Gasteiger partial charge in [0.05, 0.1) is 18.3 Å². The van der Waals surface area contributed by atoms with E-state index in [-0.39, 0.29) is 12.0 Å². The number of ether oxygens (including phenoxy) is 1. The van der Waals surface area contributed by atoms with Gasteiger partial charge >= 0.3 is 0 Å². The second kappa shape index (κ2) is 10.4. The first-order valence-electron chi connectivity index (χ1n) is 11.1. The van der Waals surface area contributed by atoms with Crippen LogP contribution in [0.4, 0.5) is 0 Å². The Hall–Kier alpha value is -1.68. The van der Waals surface area contributed by atoms with Crippen LogP contribution in [0.15, 0.2) is 60.7 Å². The molecule has 158 valence electrons. The number of nitrogens with zero attached hydrogens (tertiary/aromatic N) is 1. The van der Waals surface area contributed by atoms with Crippen LogP contribution >= 0.6 is 0 Å². The van der Waals surface area contributed by atoms with Crippen molar-refractivity contribution in [3.8, 4) is 0 Å². The molecule has 29 heavy (non-hydrogen) atoms. The topological polar surface area (TPSA) is 32.7 Å². The minimum Gasteiger partial charge on any atom is -0.388 e. The lowest BCUT2D eigenvalue weighted by Gasteiger charge is -2.38. The van der Waals surface area contributed by atoms with E-state index in [1.54, 1.807) is 0 Å². The fourth-order valence-corrected chi connectivity index (χ4v) is 3.98. The van der Waals surface area contributed by atoms with E-state index < -0.39 is 5.60 Å². The summed E-state index contributed by atoms with van der Waals surface area (Å²) in [6, 6.07) is 22.1. The molecule has 1 aliphatic rings. The summed E-state index contributed by atoms with van der Waals surface area (Å²) < 4.78 is 6.11. The van der Waals surface area contributed by atoms with E-state index >= 15 is 0 Å². The second-order valence-corrected chi connectivity index (χ2v) is 9.13. The maximum atomic E-state index is 10.5. The molecule has 0 saturated heterocycles. The zero-order valence-electron chi connectivity index (χ0n) is 18.3. The van der Waals surface area contributed by atoms with Gasteiger partial charge in [0.15, 0.2) is 0 Å². The first-order chi connectivity index (χ1) is 13.9. The summed E-state index contributed by atoms with van der Waals surface area (Å²) in [4.78, 5) is 2.63. The largest absolute Gasteiger partial charge is 0.388 e. The highest BCUT2D eigenvalue weighted by molar-refractivity contribution is 5.17. The van der Waals surface area contributed by atoms with Crippen LogP contribution in [0.5, 0.6) is 0 Å². The SMILES string of the molecule is CC(C)C(C)(O)COC1CCC(N(Cc2ccccc2)Cc2ccccc2)CC1. The molecule has 3 rings (SSSR count). The van der Waals surface area contributed by atoms with Crippen molar-refractivity contribution in [3.05, 3.63) is 71.8 Å². The third-order valence-corrected chi connectivity index (χ3v) is 6.47. The Bertz CT molecular complexity index is 665. The predicted octanol–water partition coefficient (Wildman–Crippen LogP) is 5.42. The van der Waals surface area contributed by atoms with Gasteiger partial charge < -0.3 is 9.84 Å². The molecular weight excluding hydrogens is 358 g/mol. The fourth-order valence-electron chi connectivity index (χ4n) is 3.98. The Morgan fingerprint density at radius 3 is 1.83 bits per heavy atom. The fraction of sp³-hybridized carbons (Fsp3) is 0.538. The smallest absolute Gasteiger partial charge is 0.0875 e. The standard InChI is InChI=1S/C26H37NO2/c1-21(2)26(3,28)20-29-25-16-14-24(15-17-25)27(18-22-10-6-4-7-11-22)19-23-12-8-5-9-13-23/h4-13,21,24-25,28H,14-20H2,1-3H3. The molecule has 1 fully saturated rings. The Morgan fingerprint density at radius 2 is 1.38 bits per heavy atom. The molecule has 1 saturated carbocycles. The lowest BCUT2D eigenvalue weighted by Crippen LogP contribution is -2.41. The highest BCUT2D eigenvalue weighted by Crippen LogP contribution is 2.29. The quantitative estimate of drug-likeness (QED) is 0.615. The summed E-state index contributed by atoms with van der Waals surface area (Å²) in [5.41, 5.74) is 1.99. The number of aliphatic hydroxyl groups is 1. The third kappa shape index (κ3) is 6.67. The molecule has 2 aromatic carbocycles. The van der Waals surface area contributed by atoms with Gasteiger partial charge in [0, 0.05) is 19.1 Å². The monoisotopic (exact) mass is 395 g/mol. The maximum Gasteiger partial charge on any atom is 0.0875 e. The molecule has 1 unspecified atom stereocenters. The Balaban J connectivity index is 1.59. The minimum atomic E-state index is -0.747. The van der Waals surface area contributed by atoms with Gasteiger partial charge in [-0.25, -0.2) is 0 Å². The van der Waals surface area contributed by atoms with Crippen molar-refractivity contribution >= 4 is 0 Å². The first kappa shape index (κ1) is 22.0. The van der Waals surface area contributed by atoms with E-state index in [1.165, 1.54) is 11.1 Å². The zero-order valence-corrected chi connectivity index (χ0v) is 18.3. The van der Waals surface area contributed by atoms with Gasteiger partial charge in [0.1, 0.15) is 0 Å². The number of benzene rings is 2. The van der Waals surface area contributed by atoms with E-state index in [0.717, 1.165) is 38.8 Å². The Kier molecular flexibility index (Phi) is 7.88. The van der Waals surface area contributed by atoms with Crippen molar-refractivity contribution in [2.45, 2.75) is 77.3 Å². The lowest BCUT2D eigenvalue weighted by atomic mass is 9.90. The van der Waals surface area contributed by atoms with E-state index in [1.807, 2.05) is 20.8 Å². The highest BCUT2D eigenvalue weighted by Gasteiger charge is 2.30. The van der Waals surface area contributed by atoms with Crippen LogP contribution in [0.1, 0.15) is 57.6 Å². The molecule has 2 aromatic rings. The predicted molar refractivity (Wildman–Crippen MR) is 120 cm³/mol. The van der Waals surface area contributed by atoms with Crippen LogP contribution in [0.3, 0.4) is 0 Å². The summed E-state index contributed by atoms with van der Waals surface area (Å²) in [6.45, 7) is 8.36. The van der Waals surface area contributed by atoms with E-state index in [4.69, 9.17) is 4.74 Å². The maximum absolute atomic E-state index is 10.5. The summed E-state index contributed by atoms with van der Waals surface area (Å²) in [6.07, 6.45) is 4.70. The summed E-state index contributed by atoms with van der Waals surface area (Å²) in [5, 5.41) is 10.5. The van der Waals surface area contributed by atoms with Gasteiger partial charge in [-0.1, -0.05) is 74.5 Å². The molecule has 3 heteroatoms. The molecule has 1 atom stereocenters. The van der Waals surface area contributed by atoms with E-state index in [9.17, 15) is 5.11 Å². The molecule has 3 nitrogen and oxygen atoms in total. The number of rotatable bonds is 9. The highest BCUT2D eigenvalue weighted by atomic mass is 16.5. The third-order valence-electron chi connectivity index (χ3n) is 6.47. The van der Waals surface area contributed by atoms with Crippen LogP contribution in [-0.2, 0) is 17.8 Å².